The first-order valence-corrected chi connectivity index (χ1v) is 7.85. The number of rotatable bonds is 1. The lowest BCUT2D eigenvalue weighted by Crippen LogP contribution is -2.14. The summed E-state index contributed by atoms with van der Waals surface area (Å²) in [6, 6.07) is 6.52. The van der Waals surface area contributed by atoms with E-state index in [1.807, 2.05) is 12.1 Å². The molecule has 2 aliphatic heterocycles. The van der Waals surface area contributed by atoms with Gasteiger partial charge in [-0.15, -0.1) is 0 Å². The van der Waals surface area contributed by atoms with Crippen LogP contribution in [0.2, 0.25) is 0 Å². The van der Waals surface area contributed by atoms with Crippen LogP contribution >= 0.6 is 15.9 Å². The van der Waals surface area contributed by atoms with Gasteiger partial charge in [0.05, 0.1) is 18.3 Å². The van der Waals surface area contributed by atoms with Gasteiger partial charge in [-0.3, -0.25) is 0 Å². The highest BCUT2D eigenvalue weighted by Crippen LogP contribution is 2.37. The number of nitrogens with zero attached hydrogens (tertiary/aromatic N) is 1. The third-order valence-corrected chi connectivity index (χ3v) is 4.49. The predicted molar refractivity (Wildman–Crippen MR) is 80.9 cm³/mol. The topological polar surface area (TPSA) is 49.9 Å². The molecule has 2 N–H and O–H groups in total. The van der Waals surface area contributed by atoms with E-state index in [0.29, 0.717) is 12.6 Å². The molecule has 1 aromatic heterocycles. The quantitative estimate of drug-likeness (QED) is 0.842. The molecule has 20 heavy (non-hydrogen) atoms. The molecule has 4 rings (SSSR count). The van der Waals surface area contributed by atoms with Crippen molar-refractivity contribution >= 4 is 15.9 Å². The van der Waals surface area contributed by atoms with Crippen LogP contribution in [-0.4, -0.2) is 23.1 Å². The lowest BCUT2D eigenvalue weighted by atomic mass is 10.1. The molecule has 1 aromatic carbocycles. The highest BCUT2D eigenvalue weighted by molar-refractivity contribution is 9.10. The molecule has 1 saturated heterocycles. The molecule has 0 bridgehead atoms. The maximum absolute atomic E-state index is 5.83. The number of nitrogens with one attached hydrogen (secondary N) is 2. The lowest BCUT2D eigenvalue weighted by molar-refractivity contribution is 0.325. The fraction of sp³-hybridized carbons (Fsp3) is 0.400. The first kappa shape index (κ1) is 12.4. The second-order valence-electron chi connectivity index (χ2n) is 5.34. The van der Waals surface area contributed by atoms with Crippen LogP contribution < -0.4 is 10.1 Å². The molecule has 104 valence electrons. The number of aromatic amines is 1. The Morgan fingerprint density at radius 1 is 1.35 bits per heavy atom. The molecule has 3 heterocycles. The number of ether oxygens (including phenoxy) is 1. The first-order chi connectivity index (χ1) is 9.81. The Morgan fingerprint density at radius 3 is 3.15 bits per heavy atom. The molecular weight excluding hydrogens is 318 g/mol. The number of hydrogen-bond acceptors (Lipinski definition) is 3. The van der Waals surface area contributed by atoms with Crippen LogP contribution in [0.1, 0.15) is 30.4 Å². The molecular formula is C15H16BrN3O. The maximum Gasteiger partial charge on any atom is 0.129 e. The molecule has 2 aliphatic rings. The highest BCUT2D eigenvalue weighted by Gasteiger charge is 2.24. The summed E-state index contributed by atoms with van der Waals surface area (Å²) in [5.41, 5.74) is 3.32. The number of halogens is 1. The van der Waals surface area contributed by atoms with E-state index in [4.69, 9.17) is 9.72 Å². The van der Waals surface area contributed by atoms with Crippen molar-refractivity contribution in [1.29, 1.82) is 0 Å². The van der Waals surface area contributed by atoms with Crippen molar-refractivity contribution < 1.29 is 4.74 Å². The van der Waals surface area contributed by atoms with Gasteiger partial charge >= 0.3 is 0 Å². The van der Waals surface area contributed by atoms with E-state index in [1.165, 1.54) is 12.1 Å². The van der Waals surface area contributed by atoms with Crippen LogP contribution in [0.25, 0.3) is 11.3 Å². The van der Waals surface area contributed by atoms with Gasteiger partial charge in [0.2, 0.25) is 0 Å². The maximum atomic E-state index is 5.83. The molecule has 5 heteroatoms. The molecule has 0 spiro atoms. The monoisotopic (exact) mass is 333 g/mol. The van der Waals surface area contributed by atoms with Crippen molar-refractivity contribution in [3.05, 3.63) is 34.2 Å². The molecule has 0 amide bonds. The third kappa shape index (κ3) is 2.05. The Bertz CT molecular complexity index is 647. The van der Waals surface area contributed by atoms with Crippen molar-refractivity contribution in [1.82, 2.24) is 15.3 Å². The summed E-state index contributed by atoms with van der Waals surface area (Å²) in [4.78, 5) is 8.36. The van der Waals surface area contributed by atoms with Crippen LogP contribution in [-0.2, 0) is 6.42 Å². The minimum atomic E-state index is 0.377. The van der Waals surface area contributed by atoms with Gasteiger partial charge in [0.25, 0.3) is 0 Å². The first-order valence-electron chi connectivity index (χ1n) is 7.06. The van der Waals surface area contributed by atoms with Crippen molar-refractivity contribution in [3.63, 3.8) is 0 Å². The van der Waals surface area contributed by atoms with Gasteiger partial charge < -0.3 is 15.0 Å². The van der Waals surface area contributed by atoms with Gasteiger partial charge in [0.1, 0.15) is 11.6 Å². The Kier molecular flexibility index (Phi) is 3.04. The average molecular weight is 334 g/mol. The highest BCUT2D eigenvalue weighted by atomic mass is 79.9. The van der Waals surface area contributed by atoms with Gasteiger partial charge in [0, 0.05) is 22.2 Å². The van der Waals surface area contributed by atoms with Gasteiger partial charge in [-0.25, -0.2) is 4.98 Å². The predicted octanol–water partition coefficient (Wildman–Crippen LogP) is 3.20. The van der Waals surface area contributed by atoms with Crippen molar-refractivity contribution in [3.8, 4) is 17.0 Å². The normalized spacial score (nSPS) is 20.9. The number of benzene rings is 1. The summed E-state index contributed by atoms with van der Waals surface area (Å²) in [5, 5.41) is 3.50. The van der Waals surface area contributed by atoms with Crippen LogP contribution in [0.3, 0.4) is 0 Å². The Balaban J connectivity index is 1.80. The minimum Gasteiger partial charge on any atom is -0.492 e. The fourth-order valence-electron chi connectivity index (χ4n) is 2.99. The van der Waals surface area contributed by atoms with E-state index in [0.717, 1.165) is 46.7 Å². The summed E-state index contributed by atoms with van der Waals surface area (Å²) in [6.07, 6.45) is 3.26. The van der Waals surface area contributed by atoms with E-state index < -0.39 is 0 Å². The molecule has 2 aromatic rings. The van der Waals surface area contributed by atoms with Gasteiger partial charge in [-0.05, 0) is 37.6 Å². The van der Waals surface area contributed by atoms with Crippen molar-refractivity contribution in [2.75, 3.05) is 13.2 Å². The Morgan fingerprint density at radius 2 is 2.30 bits per heavy atom. The molecule has 1 unspecified atom stereocenters. The zero-order valence-electron chi connectivity index (χ0n) is 11.1. The number of fused-ring (bicyclic) bond motifs is 3. The summed E-state index contributed by atoms with van der Waals surface area (Å²) in [5.74, 6) is 1.99. The third-order valence-electron chi connectivity index (χ3n) is 4.00. The minimum absolute atomic E-state index is 0.377. The number of H-pyrrole nitrogens is 1. The number of imidazole rings is 1. The zero-order chi connectivity index (χ0) is 13.5. The Hall–Kier alpha value is -1.33. The molecule has 1 atom stereocenters. The van der Waals surface area contributed by atoms with E-state index >= 15 is 0 Å². The summed E-state index contributed by atoms with van der Waals surface area (Å²) in [6.45, 7) is 1.78. The van der Waals surface area contributed by atoms with Crippen LogP contribution in [0, 0.1) is 0 Å². The van der Waals surface area contributed by atoms with Gasteiger partial charge in [-0.1, -0.05) is 15.9 Å². The van der Waals surface area contributed by atoms with Gasteiger partial charge in [-0.2, -0.15) is 0 Å². The fourth-order valence-corrected chi connectivity index (χ4v) is 3.33. The second-order valence-corrected chi connectivity index (χ2v) is 6.25. The average Bonchev–Trinajstić information content (AvgIpc) is 3.06. The zero-order valence-corrected chi connectivity index (χ0v) is 12.7. The number of hydrogen-bond donors (Lipinski definition) is 2. The van der Waals surface area contributed by atoms with E-state index in [9.17, 15) is 0 Å². The standard InChI is InChI=1S/C15H16BrN3O/c16-9-3-4-10-13(8-9)20-7-5-11-14(10)19-15(18-11)12-2-1-6-17-12/h3-4,8,12,17H,1-2,5-7H2,(H,18,19). The van der Waals surface area contributed by atoms with Crippen LogP contribution in [0.4, 0.5) is 0 Å². The summed E-state index contributed by atoms with van der Waals surface area (Å²) in [7, 11) is 0. The van der Waals surface area contributed by atoms with Crippen LogP contribution in [0.5, 0.6) is 5.75 Å². The van der Waals surface area contributed by atoms with Crippen molar-refractivity contribution in [2.24, 2.45) is 0 Å². The second kappa shape index (κ2) is 4.90. The smallest absolute Gasteiger partial charge is 0.129 e. The SMILES string of the molecule is Brc1ccc2c(c1)OCCc1[nH]c(C3CCCN3)nc1-2. The summed E-state index contributed by atoms with van der Waals surface area (Å²) < 4.78 is 6.86. The lowest BCUT2D eigenvalue weighted by Gasteiger charge is -2.08. The largest absolute Gasteiger partial charge is 0.492 e. The van der Waals surface area contributed by atoms with E-state index in [-0.39, 0.29) is 0 Å². The number of aromatic nitrogens is 2. The Labute approximate surface area is 126 Å². The van der Waals surface area contributed by atoms with E-state index in [1.54, 1.807) is 0 Å². The van der Waals surface area contributed by atoms with Gasteiger partial charge in [0.15, 0.2) is 0 Å². The van der Waals surface area contributed by atoms with Crippen LogP contribution in [0.15, 0.2) is 22.7 Å². The molecule has 0 aliphatic carbocycles. The molecule has 4 nitrogen and oxygen atoms in total. The summed E-state index contributed by atoms with van der Waals surface area (Å²) >= 11 is 3.50. The molecule has 1 fully saturated rings. The van der Waals surface area contributed by atoms with Crippen molar-refractivity contribution in [2.45, 2.75) is 25.3 Å². The molecule has 0 radical (unpaired) electrons. The molecule has 0 saturated carbocycles. The van der Waals surface area contributed by atoms with E-state index in [2.05, 4.69) is 32.3 Å².